The van der Waals surface area contributed by atoms with E-state index in [-0.39, 0.29) is 12.0 Å². The Morgan fingerprint density at radius 1 is 0.848 bits per heavy atom. The van der Waals surface area contributed by atoms with Crippen molar-refractivity contribution in [3.8, 4) is 0 Å². The number of carbonyl (C=O) groups excluding carboxylic acids is 2. The van der Waals surface area contributed by atoms with E-state index in [1.165, 1.54) is 62.4 Å². The van der Waals surface area contributed by atoms with Gasteiger partial charge in [-0.3, -0.25) is 0 Å². The van der Waals surface area contributed by atoms with E-state index in [0.717, 1.165) is 38.5 Å². The molecule has 2 aromatic rings. The minimum Gasteiger partial charge on any atom is -0.457 e. The topological polar surface area (TPSA) is 91.3 Å². The molecular formula is C33H36F6O7. The van der Waals surface area contributed by atoms with Crippen molar-refractivity contribution in [2.24, 2.45) is 5.41 Å². The Bertz CT molecular complexity index is 1440. The smallest absolute Gasteiger partial charge is 0.432 e. The number of hydrogen-bond acceptors (Lipinski definition) is 7. The Balaban J connectivity index is 1.87. The third kappa shape index (κ3) is 6.72. The molecule has 0 saturated carbocycles. The lowest BCUT2D eigenvalue weighted by Crippen LogP contribution is -2.54. The van der Waals surface area contributed by atoms with E-state index in [1.807, 2.05) is 0 Å². The molecule has 0 bridgehead atoms. The highest BCUT2D eigenvalue weighted by Crippen LogP contribution is 2.47. The number of ether oxygens (including phenoxy) is 4. The van der Waals surface area contributed by atoms with Gasteiger partial charge in [0.2, 0.25) is 0 Å². The Morgan fingerprint density at radius 2 is 1.28 bits per heavy atom. The van der Waals surface area contributed by atoms with Crippen LogP contribution < -0.4 is 0 Å². The van der Waals surface area contributed by atoms with E-state index in [2.05, 4.69) is 0 Å². The third-order valence-corrected chi connectivity index (χ3v) is 8.09. The van der Waals surface area contributed by atoms with Crippen LogP contribution in [0.2, 0.25) is 0 Å². The molecule has 5 atom stereocenters. The Morgan fingerprint density at radius 3 is 1.70 bits per heavy atom. The maximum absolute atomic E-state index is 14.4. The number of esters is 2. The molecule has 0 heterocycles. The molecule has 0 saturated heterocycles. The molecule has 0 aliphatic heterocycles. The average molecular weight is 659 g/mol. The van der Waals surface area contributed by atoms with Crippen LogP contribution in [0.15, 0.2) is 84.0 Å². The van der Waals surface area contributed by atoms with Crippen LogP contribution in [-0.4, -0.2) is 61.9 Å². The van der Waals surface area contributed by atoms with Crippen LogP contribution in [0.4, 0.5) is 26.3 Å². The first-order chi connectivity index (χ1) is 21.3. The molecule has 252 valence electrons. The van der Waals surface area contributed by atoms with E-state index in [4.69, 9.17) is 18.9 Å². The number of rotatable bonds is 10. The van der Waals surface area contributed by atoms with Gasteiger partial charge in [0.1, 0.15) is 18.3 Å². The number of hydrogen-bond donors (Lipinski definition) is 1. The van der Waals surface area contributed by atoms with E-state index < -0.39 is 70.3 Å². The number of allylic oxidation sites excluding steroid dienone is 2. The van der Waals surface area contributed by atoms with Crippen LogP contribution in [0.5, 0.6) is 0 Å². The predicted molar refractivity (Wildman–Crippen MR) is 154 cm³/mol. The monoisotopic (exact) mass is 658 g/mol. The normalized spacial score (nSPS) is 22.1. The fraction of sp³-hybridized carbons (Fsp3) is 0.455. The summed E-state index contributed by atoms with van der Waals surface area (Å²) in [6.45, 7) is 6.16. The van der Waals surface area contributed by atoms with Gasteiger partial charge in [-0.2, -0.15) is 26.3 Å². The van der Waals surface area contributed by atoms with E-state index >= 15 is 0 Å². The lowest BCUT2D eigenvalue weighted by atomic mass is 9.70. The summed E-state index contributed by atoms with van der Waals surface area (Å²) in [5, 5.41) is 11.0. The molecule has 0 aromatic heterocycles. The first kappa shape index (κ1) is 36.8. The molecule has 2 aromatic carbocycles. The second kappa shape index (κ2) is 13.6. The zero-order chi connectivity index (χ0) is 34.7. The number of alkyl halides is 6. The zero-order valence-electron chi connectivity index (χ0n) is 26.0. The molecule has 0 fully saturated rings. The van der Waals surface area contributed by atoms with E-state index in [0.29, 0.717) is 5.57 Å². The van der Waals surface area contributed by atoms with Crippen molar-refractivity contribution in [1.29, 1.82) is 0 Å². The zero-order valence-corrected chi connectivity index (χ0v) is 26.0. The fourth-order valence-corrected chi connectivity index (χ4v) is 5.68. The van der Waals surface area contributed by atoms with Crippen molar-refractivity contribution in [1.82, 2.24) is 0 Å². The maximum Gasteiger partial charge on any atom is 0.432 e. The van der Waals surface area contributed by atoms with Gasteiger partial charge in [0, 0.05) is 25.3 Å². The molecule has 7 nitrogen and oxygen atoms in total. The summed E-state index contributed by atoms with van der Waals surface area (Å²) in [7, 11) is 1.48. The fourth-order valence-electron chi connectivity index (χ4n) is 5.68. The number of carbonyl (C=O) groups is 2. The molecule has 0 unspecified atom stereocenters. The van der Waals surface area contributed by atoms with Crippen LogP contribution >= 0.6 is 0 Å². The molecule has 3 rings (SSSR count). The summed E-state index contributed by atoms with van der Waals surface area (Å²) in [4.78, 5) is 26.2. The standard InChI is InChI=1S/C33H36F6O7/c1-20(45-27(41)30(43-5,32(34,35)36)22-13-9-7-10-14-22)17-18-24-21(2)26(40)25(19-29(24,3)4)46-28(42)31(44-6,33(37,38)39)23-15-11-8-12-16-23/h7-18,20,25-26,40H,19H2,1-6H3/b18-17+/t20-,25-,26+,30-,31-/m0/s1. The van der Waals surface area contributed by atoms with Crippen LogP contribution in [0.25, 0.3) is 0 Å². The van der Waals surface area contributed by atoms with Crippen molar-refractivity contribution >= 4 is 11.9 Å². The van der Waals surface area contributed by atoms with Crippen molar-refractivity contribution in [2.45, 2.75) is 76.0 Å². The largest absolute Gasteiger partial charge is 0.457 e. The highest BCUT2D eigenvalue weighted by atomic mass is 19.4. The quantitative estimate of drug-likeness (QED) is 0.225. The molecule has 1 aliphatic carbocycles. The summed E-state index contributed by atoms with van der Waals surface area (Å²) in [6, 6.07) is 12.5. The Kier molecular flexibility index (Phi) is 10.9. The van der Waals surface area contributed by atoms with Gasteiger partial charge in [-0.1, -0.05) is 80.6 Å². The molecule has 0 spiro atoms. The van der Waals surface area contributed by atoms with Crippen molar-refractivity contribution in [3.63, 3.8) is 0 Å². The second-order valence-corrected chi connectivity index (χ2v) is 11.5. The van der Waals surface area contributed by atoms with Crippen molar-refractivity contribution in [2.75, 3.05) is 14.2 Å². The first-order valence-electron chi connectivity index (χ1n) is 14.1. The summed E-state index contributed by atoms with van der Waals surface area (Å²) in [6.07, 6.45) is -11.9. The van der Waals surface area contributed by atoms with Gasteiger partial charge in [-0.25, -0.2) is 9.59 Å². The van der Waals surface area contributed by atoms with Crippen molar-refractivity contribution < 1.29 is 60.0 Å². The molecular weight excluding hydrogens is 622 g/mol. The molecule has 1 N–H and O–H groups in total. The average Bonchev–Trinajstić information content (AvgIpc) is 2.96. The van der Waals surface area contributed by atoms with Crippen LogP contribution in [0, 0.1) is 5.41 Å². The van der Waals surface area contributed by atoms with Gasteiger partial charge in [0.15, 0.2) is 0 Å². The van der Waals surface area contributed by atoms with Crippen LogP contribution in [0.1, 0.15) is 45.2 Å². The number of benzene rings is 2. The number of aliphatic hydroxyl groups is 1. The molecule has 0 amide bonds. The summed E-state index contributed by atoms with van der Waals surface area (Å²) in [5.74, 6) is -3.46. The molecule has 0 radical (unpaired) electrons. The van der Waals surface area contributed by atoms with E-state index in [1.54, 1.807) is 13.8 Å². The Labute approximate surface area is 262 Å². The van der Waals surface area contributed by atoms with Gasteiger partial charge < -0.3 is 24.1 Å². The number of aliphatic hydroxyl groups excluding tert-OH is 1. The van der Waals surface area contributed by atoms with E-state index in [9.17, 15) is 41.0 Å². The summed E-state index contributed by atoms with van der Waals surface area (Å²) >= 11 is 0. The van der Waals surface area contributed by atoms with Crippen molar-refractivity contribution in [3.05, 3.63) is 95.1 Å². The first-order valence-corrected chi connectivity index (χ1v) is 14.1. The van der Waals surface area contributed by atoms with Gasteiger partial charge in [0.25, 0.3) is 11.2 Å². The maximum atomic E-state index is 14.4. The summed E-state index contributed by atoms with van der Waals surface area (Å²) < 4.78 is 106. The summed E-state index contributed by atoms with van der Waals surface area (Å²) in [5.41, 5.74) is -8.08. The minimum absolute atomic E-state index is 0.133. The third-order valence-electron chi connectivity index (χ3n) is 8.09. The SMILES string of the molecule is CO[C@](C(=O)O[C@H]1CC(C)(C)C(/C=C/[C@H](C)OC(=O)[C@@](OC)(c2ccccc2)C(F)(F)F)=C(C)[C@H]1O)(c1ccccc1)C(F)(F)F. The Hall–Kier alpha value is -3.68. The number of halogens is 6. The van der Waals surface area contributed by atoms with Gasteiger partial charge >= 0.3 is 24.3 Å². The molecule has 1 aliphatic rings. The second-order valence-electron chi connectivity index (χ2n) is 11.5. The lowest BCUT2D eigenvalue weighted by molar-refractivity contribution is -0.280. The predicted octanol–water partition coefficient (Wildman–Crippen LogP) is 6.70. The van der Waals surface area contributed by atoms with Gasteiger partial charge in [-0.05, 0) is 42.9 Å². The number of methoxy groups -OCH3 is 2. The minimum atomic E-state index is -5.21. The highest BCUT2D eigenvalue weighted by Gasteiger charge is 2.65. The van der Waals surface area contributed by atoms with Crippen LogP contribution in [0.3, 0.4) is 0 Å². The van der Waals surface area contributed by atoms with Gasteiger partial charge in [0.05, 0.1) is 0 Å². The molecule has 46 heavy (non-hydrogen) atoms. The van der Waals surface area contributed by atoms with Gasteiger partial charge in [-0.15, -0.1) is 0 Å². The highest BCUT2D eigenvalue weighted by molar-refractivity contribution is 5.83. The molecule has 13 heteroatoms. The lowest BCUT2D eigenvalue weighted by Gasteiger charge is -2.42. The van der Waals surface area contributed by atoms with Crippen LogP contribution in [-0.2, 0) is 39.7 Å².